The van der Waals surface area contributed by atoms with E-state index in [1.165, 1.54) is 5.56 Å². The lowest BCUT2D eigenvalue weighted by atomic mass is 10.1. The number of rotatable bonds is 5. The van der Waals surface area contributed by atoms with Crippen molar-refractivity contribution in [2.45, 2.75) is 19.9 Å². The molecule has 5 nitrogen and oxygen atoms in total. The molecule has 158 valence electrons. The molecule has 0 spiro atoms. The number of benzene rings is 3. The van der Waals surface area contributed by atoms with Crippen LogP contribution in [0.15, 0.2) is 72.8 Å². The van der Waals surface area contributed by atoms with Gasteiger partial charge in [-0.25, -0.2) is 4.79 Å². The van der Waals surface area contributed by atoms with Gasteiger partial charge in [0.2, 0.25) is 0 Å². The molecule has 1 aliphatic heterocycles. The second kappa shape index (κ2) is 9.23. The first kappa shape index (κ1) is 20.9. The summed E-state index contributed by atoms with van der Waals surface area (Å²) in [6.45, 7) is 4.05. The minimum Gasteiger partial charge on any atom is -0.322 e. The fourth-order valence-electron chi connectivity index (χ4n) is 3.76. The fourth-order valence-corrected chi connectivity index (χ4v) is 3.95. The van der Waals surface area contributed by atoms with Gasteiger partial charge in [-0.1, -0.05) is 47.5 Å². The first-order valence-electron chi connectivity index (χ1n) is 10.3. The van der Waals surface area contributed by atoms with Crippen molar-refractivity contribution < 1.29 is 9.59 Å². The Labute approximate surface area is 187 Å². The number of amides is 3. The van der Waals surface area contributed by atoms with E-state index in [-0.39, 0.29) is 11.9 Å². The summed E-state index contributed by atoms with van der Waals surface area (Å²) in [6.07, 6.45) is 0.897. The smallest absolute Gasteiger partial charge is 0.322 e. The summed E-state index contributed by atoms with van der Waals surface area (Å²) < 4.78 is 0. The number of carbonyl (C=O) groups is 2. The molecule has 1 heterocycles. The highest BCUT2D eigenvalue weighted by Gasteiger charge is 2.27. The molecule has 3 aromatic carbocycles. The highest BCUT2D eigenvalue weighted by Crippen LogP contribution is 2.23. The first-order valence-corrected chi connectivity index (χ1v) is 10.7. The van der Waals surface area contributed by atoms with Crippen molar-refractivity contribution in [3.8, 4) is 0 Å². The maximum atomic E-state index is 13.1. The molecule has 0 atom stereocenters. The molecule has 31 heavy (non-hydrogen) atoms. The van der Waals surface area contributed by atoms with Gasteiger partial charge in [0.15, 0.2) is 0 Å². The predicted octanol–water partition coefficient (Wildman–Crippen LogP) is 5.73. The van der Waals surface area contributed by atoms with Crippen molar-refractivity contribution in [1.29, 1.82) is 0 Å². The van der Waals surface area contributed by atoms with E-state index in [1.807, 2.05) is 29.2 Å². The molecule has 1 fully saturated rings. The maximum Gasteiger partial charge on any atom is 0.324 e. The molecule has 0 bridgehead atoms. The summed E-state index contributed by atoms with van der Waals surface area (Å²) in [5.41, 5.74) is 4.26. The molecular formula is C25H24ClN3O2. The van der Waals surface area contributed by atoms with Crippen molar-refractivity contribution in [2.75, 3.05) is 23.3 Å². The molecule has 6 heteroatoms. The summed E-state index contributed by atoms with van der Waals surface area (Å²) in [4.78, 5) is 29.2. The zero-order valence-electron chi connectivity index (χ0n) is 17.3. The van der Waals surface area contributed by atoms with Crippen molar-refractivity contribution in [3.63, 3.8) is 0 Å². The molecule has 1 aliphatic rings. The molecule has 4 rings (SSSR count). The van der Waals surface area contributed by atoms with E-state index in [2.05, 4.69) is 24.4 Å². The first-order chi connectivity index (χ1) is 15.0. The standard InChI is InChI=1S/C25H24ClN3O2/c1-18-5-2-6-19(15-18)17-28-13-4-14-29(25(28)31)23-11-9-20(10-12-23)24(30)27-22-8-3-7-21(26)16-22/h2-3,5-12,15-16H,4,13-14,17H2,1H3,(H,27,30). The van der Waals surface area contributed by atoms with Gasteiger partial charge < -0.3 is 10.2 Å². The molecule has 1 N–H and O–H groups in total. The number of anilines is 2. The Balaban J connectivity index is 1.44. The quantitative estimate of drug-likeness (QED) is 0.558. The highest BCUT2D eigenvalue weighted by atomic mass is 35.5. The van der Waals surface area contributed by atoms with Crippen LogP contribution < -0.4 is 10.2 Å². The number of halogens is 1. The van der Waals surface area contributed by atoms with Crippen LogP contribution in [0.1, 0.15) is 27.9 Å². The Bertz CT molecular complexity index is 1100. The average molecular weight is 434 g/mol. The van der Waals surface area contributed by atoms with E-state index in [9.17, 15) is 9.59 Å². The van der Waals surface area contributed by atoms with Gasteiger partial charge >= 0.3 is 6.03 Å². The molecule has 3 aromatic rings. The highest BCUT2D eigenvalue weighted by molar-refractivity contribution is 6.31. The van der Waals surface area contributed by atoms with Gasteiger partial charge in [-0.3, -0.25) is 9.69 Å². The third-order valence-corrected chi connectivity index (χ3v) is 5.53. The van der Waals surface area contributed by atoms with Crippen LogP contribution in [0.5, 0.6) is 0 Å². The number of hydrogen-bond donors (Lipinski definition) is 1. The zero-order chi connectivity index (χ0) is 21.8. The number of aryl methyl sites for hydroxylation is 1. The Kier molecular flexibility index (Phi) is 6.23. The lowest BCUT2D eigenvalue weighted by Crippen LogP contribution is -2.49. The minimum atomic E-state index is -0.222. The van der Waals surface area contributed by atoms with Crippen LogP contribution >= 0.6 is 11.6 Å². The van der Waals surface area contributed by atoms with Gasteiger partial charge in [-0.2, -0.15) is 0 Å². The Morgan fingerprint density at radius 3 is 2.52 bits per heavy atom. The number of hydrogen-bond acceptors (Lipinski definition) is 2. The van der Waals surface area contributed by atoms with E-state index < -0.39 is 0 Å². The fraction of sp³-hybridized carbons (Fsp3) is 0.200. The van der Waals surface area contributed by atoms with E-state index in [1.54, 1.807) is 41.3 Å². The molecule has 0 saturated carbocycles. The van der Waals surface area contributed by atoms with Crippen molar-refractivity contribution >= 4 is 34.9 Å². The van der Waals surface area contributed by atoms with E-state index >= 15 is 0 Å². The number of carbonyl (C=O) groups excluding carboxylic acids is 2. The van der Waals surface area contributed by atoms with Crippen LogP contribution in [-0.2, 0) is 6.54 Å². The van der Waals surface area contributed by atoms with Gasteiger partial charge in [0, 0.05) is 41.6 Å². The van der Waals surface area contributed by atoms with Crippen LogP contribution in [0.2, 0.25) is 5.02 Å². The minimum absolute atomic E-state index is 0.0103. The Morgan fingerprint density at radius 2 is 1.77 bits per heavy atom. The monoisotopic (exact) mass is 433 g/mol. The number of nitrogens with one attached hydrogen (secondary N) is 1. The van der Waals surface area contributed by atoms with Gasteiger partial charge in [0.25, 0.3) is 5.91 Å². The van der Waals surface area contributed by atoms with E-state index in [0.717, 1.165) is 24.2 Å². The number of urea groups is 1. The Hall–Kier alpha value is -3.31. The molecule has 3 amide bonds. The van der Waals surface area contributed by atoms with Crippen LogP contribution in [0.3, 0.4) is 0 Å². The Morgan fingerprint density at radius 1 is 1.00 bits per heavy atom. The predicted molar refractivity (Wildman–Crippen MR) is 125 cm³/mol. The third kappa shape index (κ3) is 5.06. The van der Waals surface area contributed by atoms with Crippen LogP contribution in [0.4, 0.5) is 16.2 Å². The lowest BCUT2D eigenvalue weighted by Gasteiger charge is -2.35. The van der Waals surface area contributed by atoms with E-state index in [4.69, 9.17) is 11.6 Å². The van der Waals surface area contributed by atoms with Crippen LogP contribution in [-0.4, -0.2) is 29.9 Å². The zero-order valence-corrected chi connectivity index (χ0v) is 18.1. The number of nitrogens with zero attached hydrogens (tertiary/aromatic N) is 2. The topological polar surface area (TPSA) is 52.6 Å². The van der Waals surface area contributed by atoms with Crippen molar-refractivity contribution in [2.24, 2.45) is 0 Å². The van der Waals surface area contributed by atoms with Gasteiger partial charge in [0.1, 0.15) is 0 Å². The molecule has 0 unspecified atom stereocenters. The maximum absolute atomic E-state index is 13.1. The summed E-state index contributed by atoms with van der Waals surface area (Å²) in [7, 11) is 0. The normalized spacial score (nSPS) is 13.9. The second-order valence-corrected chi connectivity index (χ2v) is 8.15. The molecule has 1 saturated heterocycles. The summed E-state index contributed by atoms with van der Waals surface area (Å²) >= 11 is 5.97. The summed E-state index contributed by atoms with van der Waals surface area (Å²) in [5, 5.41) is 3.40. The average Bonchev–Trinajstić information content (AvgIpc) is 2.75. The SMILES string of the molecule is Cc1cccc(CN2CCCN(c3ccc(C(=O)Nc4cccc(Cl)c4)cc3)C2=O)c1. The molecular weight excluding hydrogens is 410 g/mol. The molecule has 0 radical (unpaired) electrons. The third-order valence-electron chi connectivity index (χ3n) is 5.29. The van der Waals surface area contributed by atoms with E-state index in [0.29, 0.717) is 29.4 Å². The largest absolute Gasteiger partial charge is 0.324 e. The van der Waals surface area contributed by atoms with Gasteiger partial charge in [0.05, 0.1) is 0 Å². The second-order valence-electron chi connectivity index (χ2n) is 7.71. The molecule has 0 aliphatic carbocycles. The van der Waals surface area contributed by atoms with Crippen LogP contribution in [0.25, 0.3) is 0 Å². The lowest BCUT2D eigenvalue weighted by molar-refractivity contribution is 0.102. The molecule has 0 aromatic heterocycles. The van der Waals surface area contributed by atoms with Crippen LogP contribution in [0, 0.1) is 6.92 Å². The van der Waals surface area contributed by atoms with Gasteiger partial charge in [-0.05, 0) is 61.4 Å². The van der Waals surface area contributed by atoms with Crippen molar-refractivity contribution in [3.05, 3.63) is 94.5 Å². The summed E-state index contributed by atoms with van der Waals surface area (Å²) in [6, 6.07) is 22.4. The summed E-state index contributed by atoms with van der Waals surface area (Å²) in [5.74, 6) is -0.222. The van der Waals surface area contributed by atoms with Crippen molar-refractivity contribution in [1.82, 2.24) is 4.90 Å². The van der Waals surface area contributed by atoms with Gasteiger partial charge in [-0.15, -0.1) is 0 Å².